The molecule has 0 spiro atoms. The van der Waals surface area contributed by atoms with Crippen molar-refractivity contribution in [1.29, 1.82) is 0 Å². The zero-order valence-electron chi connectivity index (χ0n) is 7.87. The molecule has 0 aromatic heterocycles. The third kappa shape index (κ3) is 3.31. The van der Waals surface area contributed by atoms with Gasteiger partial charge in [0.2, 0.25) is 5.91 Å². The highest BCUT2D eigenvalue weighted by Gasteiger charge is 2.24. The van der Waals surface area contributed by atoms with E-state index in [-0.39, 0.29) is 12.5 Å². The first kappa shape index (κ1) is 9.83. The Labute approximate surface area is 77.0 Å². The zero-order chi connectivity index (χ0) is 9.84. The number of likely N-dealkylation sites (N-methyl/N-ethyl adjacent to an activating group) is 1. The van der Waals surface area contributed by atoms with Crippen LogP contribution in [0.4, 0.5) is 4.79 Å². The molecule has 0 heterocycles. The highest BCUT2D eigenvalue weighted by Crippen LogP contribution is 2.18. The molecule has 1 aliphatic rings. The van der Waals surface area contributed by atoms with Crippen molar-refractivity contribution in [3.63, 3.8) is 0 Å². The number of methoxy groups -OCH3 is 1. The van der Waals surface area contributed by atoms with E-state index in [0.29, 0.717) is 6.04 Å². The van der Waals surface area contributed by atoms with Crippen molar-refractivity contribution < 1.29 is 14.3 Å². The van der Waals surface area contributed by atoms with Crippen LogP contribution in [0, 0.1) is 0 Å². The summed E-state index contributed by atoms with van der Waals surface area (Å²) >= 11 is 0. The molecule has 0 radical (unpaired) electrons. The normalized spacial score (nSPS) is 14.9. The molecule has 5 nitrogen and oxygen atoms in total. The molecule has 1 fully saturated rings. The van der Waals surface area contributed by atoms with Gasteiger partial charge in [0.25, 0.3) is 0 Å². The molecule has 0 atom stereocenters. The van der Waals surface area contributed by atoms with E-state index < -0.39 is 6.09 Å². The third-order valence-electron chi connectivity index (χ3n) is 1.81. The van der Waals surface area contributed by atoms with Gasteiger partial charge in [0.1, 0.15) is 6.54 Å². The molecule has 1 N–H and O–H groups in total. The number of amides is 2. The number of carbonyl (C=O) groups excluding carboxylic acids is 2. The SMILES string of the molecule is COC(=O)N(C)CC(=O)NC1CC1. The minimum atomic E-state index is -0.494. The Balaban J connectivity index is 2.21. The van der Waals surface area contributed by atoms with Crippen molar-refractivity contribution in [3.05, 3.63) is 0 Å². The molecule has 1 rings (SSSR count). The highest BCUT2D eigenvalue weighted by atomic mass is 16.5. The summed E-state index contributed by atoms with van der Waals surface area (Å²) in [7, 11) is 2.82. The number of ether oxygens (including phenoxy) is 1. The summed E-state index contributed by atoms with van der Waals surface area (Å²) in [6, 6.07) is 0.332. The molecule has 0 aromatic carbocycles. The van der Waals surface area contributed by atoms with Crippen LogP contribution in [0.2, 0.25) is 0 Å². The summed E-state index contributed by atoms with van der Waals surface area (Å²) in [5.41, 5.74) is 0. The molecule has 13 heavy (non-hydrogen) atoms. The maximum absolute atomic E-state index is 11.2. The first-order valence-corrected chi connectivity index (χ1v) is 4.22. The number of nitrogens with one attached hydrogen (secondary N) is 1. The Morgan fingerprint density at radius 1 is 1.54 bits per heavy atom. The van der Waals surface area contributed by atoms with Crippen LogP contribution in [-0.4, -0.2) is 43.6 Å². The Morgan fingerprint density at radius 2 is 2.15 bits per heavy atom. The first-order valence-electron chi connectivity index (χ1n) is 4.22. The van der Waals surface area contributed by atoms with E-state index in [1.807, 2.05) is 0 Å². The van der Waals surface area contributed by atoms with Crippen LogP contribution >= 0.6 is 0 Å². The molecule has 5 heteroatoms. The van der Waals surface area contributed by atoms with Gasteiger partial charge in [-0.05, 0) is 12.8 Å². The molecule has 2 amide bonds. The van der Waals surface area contributed by atoms with Crippen molar-refractivity contribution in [3.8, 4) is 0 Å². The van der Waals surface area contributed by atoms with Gasteiger partial charge in [-0.2, -0.15) is 0 Å². The fourth-order valence-corrected chi connectivity index (χ4v) is 0.937. The lowest BCUT2D eigenvalue weighted by Crippen LogP contribution is -2.39. The number of rotatable bonds is 3. The van der Waals surface area contributed by atoms with Gasteiger partial charge in [-0.25, -0.2) is 4.79 Å². The lowest BCUT2D eigenvalue weighted by Gasteiger charge is -2.14. The summed E-state index contributed by atoms with van der Waals surface area (Å²) in [5.74, 6) is -0.129. The quantitative estimate of drug-likeness (QED) is 0.673. The van der Waals surface area contributed by atoms with E-state index in [9.17, 15) is 9.59 Å². The van der Waals surface area contributed by atoms with Crippen LogP contribution in [-0.2, 0) is 9.53 Å². The summed E-state index contributed by atoms with van der Waals surface area (Å²) in [5, 5.41) is 2.78. The van der Waals surface area contributed by atoms with Crippen molar-refractivity contribution in [1.82, 2.24) is 10.2 Å². The minimum absolute atomic E-state index is 0.0587. The van der Waals surface area contributed by atoms with Gasteiger partial charge in [0, 0.05) is 13.1 Å². The molecule has 0 aromatic rings. The lowest BCUT2D eigenvalue weighted by atomic mass is 10.5. The summed E-state index contributed by atoms with van der Waals surface area (Å²) in [6.45, 7) is 0.0587. The van der Waals surface area contributed by atoms with E-state index in [1.165, 1.54) is 19.1 Å². The van der Waals surface area contributed by atoms with E-state index in [1.54, 1.807) is 0 Å². The van der Waals surface area contributed by atoms with Crippen LogP contribution in [0.5, 0.6) is 0 Å². The Morgan fingerprint density at radius 3 is 2.62 bits per heavy atom. The standard InChI is InChI=1S/C8H14N2O3/c1-10(8(12)13-2)5-7(11)9-6-3-4-6/h6H,3-5H2,1-2H3,(H,9,11). The molecule has 0 unspecified atom stereocenters. The second-order valence-corrected chi connectivity index (χ2v) is 3.17. The number of hydrogen-bond acceptors (Lipinski definition) is 3. The van der Waals surface area contributed by atoms with Crippen molar-refractivity contribution in [2.24, 2.45) is 0 Å². The minimum Gasteiger partial charge on any atom is -0.453 e. The molecular weight excluding hydrogens is 172 g/mol. The van der Waals surface area contributed by atoms with Crippen LogP contribution in [0.1, 0.15) is 12.8 Å². The Kier molecular flexibility index (Phi) is 3.11. The topological polar surface area (TPSA) is 58.6 Å². The fourth-order valence-electron chi connectivity index (χ4n) is 0.937. The summed E-state index contributed by atoms with van der Waals surface area (Å²) in [4.78, 5) is 23.3. The summed E-state index contributed by atoms with van der Waals surface area (Å²) in [6.07, 6.45) is 1.60. The van der Waals surface area contributed by atoms with Gasteiger partial charge in [0.15, 0.2) is 0 Å². The van der Waals surface area contributed by atoms with E-state index >= 15 is 0 Å². The number of hydrogen-bond donors (Lipinski definition) is 1. The maximum atomic E-state index is 11.2. The van der Waals surface area contributed by atoms with Crippen LogP contribution in [0.3, 0.4) is 0 Å². The van der Waals surface area contributed by atoms with Gasteiger partial charge in [0.05, 0.1) is 7.11 Å². The largest absolute Gasteiger partial charge is 0.453 e. The molecule has 0 bridgehead atoms. The highest BCUT2D eigenvalue weighted by molar-refractivity contribution is 5.82. The van der Waals surface area contributed by atoms with Crippen molar-refractivity contribution in [2.45, 2.75) is 18.9 Å². The average molecular weight is 186 g/mol. The number of nitrogens with zero attached hydrogens (tertiary/aromatic N) is 1. The molecule has 0 saturated heterocycles. The van der Waals surface area contributed by atoms with Gasteiger partial charge in [-0.3, -0.25) is 4.79 Å². The first-order chi connectivity index (χ1) is 6.13. The van der Waals surface area contributed by atoms with Gasteiger partial charge >= 0.3 is 6.09 Å². The molecule has 1 saturated carbocycles. The lowest BCUT2D eigenvalue weighted by molar-refractivity contribution is -0.121. The van der Waals surface area contributed by atoms with Crippen molar-refractivity contribution in [2.75, 3.05) is 20.7 Å². The Hall–Kier alpha value is -1.26. The number of carbonyl (C=O) groups is 2. The smallest absolute Gasteiger partial charge is 0.409 e. The average Bonchev–Trinajstić information content (AvgIpc) is 2.86. The predicted molar refractivity (Wildman–Crippen MR) is 46.2 cm³/mol. The monoisotopic (exact) mass is 186 g/mol. The predicted octanol–water partition coefficient (Wildman–Crippen LogP) is -0.0368. The second kappa shape index (κ2) is 4.11. The Bertz CT molecular complexity index is 213. The van der Waals surface area contributed by atoms with E-state index in [0.717, 1.165) is 12.8 Å². The van der Waals surface area contributed by atoms with Crippen LogP contribution in [0.25, 0.3) is 0 Å². The summed E-state index contributed by atoms with van der Waals surface area (Å²) < 4.78 is 4.44. The van der Waals surface area contributed by atoms with E-state index in [4.69, 9.17) is 0 Å². The van der Waals surface area contributed by atoms with Crippen LogP contribution in [0.15, 0.2) is 0 Å². The third-order valence-corrected chi connectivity index (χ3v) is 1.81. The van der Waals surface area contributed by atoms with Gasteiger partial charge < -0.3 is 15.0 Å². The van der Waals surface area contributed by atoms with E-state index in [2.05, 4.69) is 10.1 Å². The molecular formula is C8H14N2O3. The molecule has 1 aliphatic carbocycles. The van der Waals surface area contributed by atoms with Crippen LogP contribution < -0.4 is 5.32 Å². The van der Waals surface area contributed by atoms with Crippen molar-refractivity contribution >= 4 is 12.0 Å². The fraction of sp³-hybridized carbons (Fsp3) is 0.750. The van der Waals surface area contributed by atoms with Gasteiger partial charge in [-0.1, -0.05) is 0 Å². The molecule has 74 valence electrons. The zero-order valence-corrected chi connectivity index (χ0v) is 7.87. The maximum Gasteiger partial charge on any atom is 0.409 e. The second-order valence-electron chi connectivity index (χ2n) is 3.17. The van der Waals surface area contributed by atoms with Gasteiger partial charge in [-0.15, -0.1) is 0 Å². The molecule has 0 aliphatic heterocycles.